The molecule has 24 heavy (non-hydrogen) atoms. The SMILES string of the molecule is CC(C)c1cc(C(=O)NC2CCC(=O)N(C)C2)c(O)c(C(C)C)c1. The predicted molar refractivity (Wildman–Crippen MR) is 94.4 cm³/mol. The Bertz CT molecular complexity index is 638. The fraction of sp³-hybridized carbons (Fsp3) is 0.579. The van der Waals surface area contributed by atoms with Crippen LogP contribution in [0.2, 0.25) is 0 Å². The molecule has 1 saturated heterocycles. The van der Waals surface area contributed by atoms with Crippen molar-refractivity contribution in [2.45, 2.75) is 58.4 Å². The molecule has 2 rings (SSSR count). The predicted octanol–water partition coefficient (Wildman–Crippen LogP) is 2.99. The number of nitrogens with zero attached hydrogens (tertiary/aromatic N) is 1. The van der Waals surface area contributed by atoms with Gasteiger partial charge in [0.05, 0.1) is 5.56 Å². The van der Waals surface area contributed by atoms with Crippen LogP contribution < -0.4 is 5.32 Å². The second-order valence-electron chi connectivity index (χ2n) is 7.30. The van der Waals surface area contributed by atoms with Gasteiger partial charge in [0.15, 0.2) is 0 Å². The lowest BCUT2D eigenvalue weighted by atomic mass is 9.91. The number of likely N-dealkylation sites (tertiary alicyclic amines) is 1. The van der Waals surface area contributed by atoms with Gasteiger partial charge in [0, 0.05) is 26.1 Å². The maximum atomic E-state index is 12.7. The van der Waals surface area contributed by atoms with Crippen molar-refractivity contribution in [2.75, 3.05) is 13.6 Å². The van der Waals surface area contributed by atoms with Crippen LogP contribution in [0.1, 0.15) is 73.9 Å². The molecule has 0 saturated carbocycles. The summed E-state index contributed by atoms with van der Waals surface area (Å²) in [6.07, 6.45) is 1.08. The number of hydrogen-bond donors (Lipinski definition) is 2. The van der Waals surface area contributed by atoms with E-state index >= 15 is 0 Å². The molecule has 1 atom stereocenters. The molecule has 1 unspecified atom stereocenters. The van der Waals surface area contributed by atoms with Gasteiger partial charge in [-0.05, 0) is 35.4 Å². The number of phenols is 1. The number of piperidine rings is 1. The van der Waals surface area contributed by atoms with Crippen molar-refractivity contribution in [3.8, 4) is 5.75 Å². The molecule has 1 aromatic rings. The fourth-order valence-electron chi connectivity index (χ4n) is 3.02. The van der Waals surface area contributed by atoms with E-state index in [4.69, 9.17) is 0 Å². The summed E-state index contributed by atoms with van der Waals surface area (Å²) >= 11 is 0. The highest BCUT2D eigenvalue weighted by atomic mass is 16.3. The van der Waals surface area contributed by atoms with E-state index in [0.717, 1.165) is 11.1 Å². The van der Waals surface area contributed by atoms with E-state index in [0.29, 0.717) is 24.9 Å². The quantitative estimate of drug-likeness (QED) is 0.890. The van der Waals surface area contributed by atoms with Crippen LogP contribution in [0, 0.1) is 0 Å². The van der Waals surface area contributed by atoms with Crippen molar-refractivity contribution in [1.82, 2.24) is 10.2 Å². The summed E-state index contributed by atoms with van der Waals surface area (Å²) in [5.74, 6) is 0.297. The van der Waals surface area contributed by atoms with Gasteiger partial charge in [-0.2, -0.15) is 0 Å². The van der Waals surface area contributed by atoms with E-state index in [-0.39, 0.29) is 35.4 Å². The third-order valence-electron chi connectivity index (χ3n) is 4.66. The van der Waals surface area contributed by atoms with Crippen molar-refractivity contribution in [3.05, 3.63) is 28.8 Å². The molecule has 1 aliphatic rings. The average Bonchev–Trinajstić information content (AvgIpc) is 2.50. The van der Waals surface area contributed by atoms with Crippen molar-refractivity contribution in [3.63, 3.8) is 0 Å². The molecule has 1 aliphatic heterocycles. The Labute approximate surface area is 144 Å². The number of carbonyl (C=O) groups is 2. The lowest BCUT2D eigenvalue weighted by Crippen LogP contribution is -2.48. The number of likely N-dealkylation sites (N-methyl/N-ethyl adjacent to an activating group) is 1. The number of nitrogens with one attached hydrogen (secondary N) is 1. The highest BCUT2D eigenvalue weighted by molar-refractivity contribution is 5.98. The van der Waals surface area contributed by atoms with Crippen LogP contribution in [-0.2, 0) is 4.79 Å². The molecule has 5 nitrogen and oxygen atoms in total. The molecule has 132 valence electrons. The van der Waals surface area contributed by atoms with E-state index in [1.54, 1.807) is 18.0 Å². The summed E-state index contributed by atoms with van der Waals surface area (Å²) in [6.45, 7) is 8.65. The summed E-state index contributed by atoms with van der Waals surface area (Å²) in [6, 6.07) is 3.68. The molecule has 0 radical (unpaired) electrons. The lowest BCUT2D eigenvalue weighted by Gasteiger charge is -2.30. The third kappa shape index (κ3) is 3.89. The highest BCUT2D eigenvalue weighted by Gasteiger charge is 2.26. The van der Waals surface area contributed by atoms with Gasteiger partial charge in [-0.3, -0.25) is 9.59 Å². The molecular formula is C19H28N2O3. The molecule has 5 heteroatoms. The van der Waals surface area contributed by atoms with Gasteiger partial charge in [0.25, 0.3) is 5.91 Å². The largest absolute Gasteiger partial charge is 0.507 e. The second kappa shape index (κ2) is 7.24. The second-order valence-corrected chi connectivity index (χ2v) is 7.30. The van der Waals surface area contributed by atoms with Gasteiger partial charge < -0.3 is 15.3 Å². The highest BCUT2D eigenvalue weighted by Crippen LogP contribution is 2.33. The molecule has 0 aromatic heterocycles. The van der Waals surface area contributed by atoms with Crippen LogP contribution in [0.4, 0.5) is 0 Å². The van der Waals surface area contributed by atoms with Crippen LogP contribution in [0.25, 0.3) is 0 Å². The topological polar surface area (TPSA) is 69.6 Å². The first kappa shape index (κ1) is 18.3. The maximum absolute atomic E-state index is 12.7. The Kier molecular flexibility index (Phi) is 5.52. The summed E-state index contributed by atoms with van der Waals surface area (Å²) in [5.41, 5.74) is 2.16. The van der Waals surface area contributed by atoms with Gasteiger partial charge in [-0.1, -0.05) is 33.8 Å². The zero-order valence-electron chi connectivity index (χ0n) is 15.2. The minimum absolute atomic E-state index is 0.0622. The van der Waals surface area contributed by atoms with Crippen molar-refractivity contribution in [1.29, 1.82) is 0 Å². The number of hydrogen-bond acceptors (Lipinski definition) is 3. The third-order valence-corrected chi connectivity index (χ3v) is 4.66. The lowest BCUT2D eigenvalue weighted by molar-refractivity contribution is -0.132. The maximum Gasteiger partial charge on any atom is 0.255 e. The summed E-state index contributed by atoms with van der Waals surface area (Å²) < 4.78 is 0. The molecule has 0 aliphatic carbocycles. The molecule has 1 fully saturated rings. The minimum Gasteiger partial charge on any atom is -0.507 e. The molecule has 2 N–H and O–H groups in total. The Morgan fingerprint density at radius 3 is 2.46 bits per heavy atom. The average molecular weight is 332 g/mol. The summed E-state index contributed by atoms with van der Waals surface area (Å²) in [4.78, 5) is 25.9. The van der Waals surface area contributed by atoms with Crippen LogP contribution >= 0.6 is 0 Å². The molecule has 2 amide bonds. The van der Waals surface area contributed by atoms with Gasteiger partial charge in [-0.15, -0.1) is 0 Å². The van der Waals surface area contributed by atoms with Crippen molar-refractivity contribution < 1.29 is 14.7 Å². The Morgan fingerprint density at radius 2 is 1.92 bits per heavy atom. The van der Waals surface area contributed by atoms with Gasteiger partial charge >= 0.3 is 0 Å². The van der Waals surface area contributed by atoms with Crippen LogP contribution in [0.15, 0.2) is 12.1 Å². The van der Waals surface area contributed by atoms with E-state index < -0.39 is 0 Å². The number of amides is 2. The van der Waals surface area contributed by atoms with Crippen molar-refractivity contribution >= 4 is 11.8 Å². The monoisotopic (exact) mass is 332 g/mol. The first-order valence-corrected chi connectivity index (χ1v) is 8.62. The molecule has 1 aromatic carbocycles. The number of aromatic hydroxyl groups is 1. The standard InChI is InChI=1S/C19H28N2O3/c1-11(2)13-8-15(12(3)4)18(23)16(9-13)19(24)20-14-6-7-17(22)21(5)10-14/h8-9,11-12,14,23H,6-7,10H2,1-5H3,(H,20,24). The Morgan fingerprint density at radius 1 is 1.25 bits per heavy atom. The van der Waals surface area contributed by atoms with Crippen LogP contribution in [0.3, 0.4) is 0 Å². The van der Waals surface area contributed by atoms with Crippen molar-refractivity contribution in [2.24, 2.45) is 0 Å². The zero-order valence-corrected chi connectivity index (χ0v) is 15.2. The van der Waals surface area contributed by atoms with E-state index in [1.807, 2.05) is 19.9 Å². The van der Waals surface area contributed by atoms with Gasteiger partial charge in [-0.25, -0.2) is 0 Å². The smallest absolute Gasteiger partial charge is 0.255 e. The van der Waals surface area contributed by atoms with E-state index in [2.05, 4.69) is 19.2 Å². The summed E-state index contributed by atoms with van der Waals surface area (Å²) in [5, 5.41) is 13.5. The van der Waals surface area contributed by atoms with Crippen LogP contribution in [-0.4, -0.2) is 41.5 Å². The van der Waals surface area contributed by atoms with Crippen LogP contribution in [0.5, 0.6) is 5.75 Å². The Hall–Kier alpha value is -2.04. The number of carbonyl (C=O) groups excluding carboxylic acids is 2. The number of phenolic OH excluding ortho intramolecular Hbond substituents is 1. The molecule has 0 bridgehead atoms. The first-order valence-electron chi connectivity index (χ1n) is 8.62. The minimum atomic E-state index is -0.273. The summed E-state index contributed by atoms with van der Waals surface area (Å²) in [7, 11) is 1.74. The first-order chi connectivity index (χ1) is 11.2. The molecular weight excluding hydrogens is 304 g/mol. The molecule has 1 heterocycles. The Balaban J connectivity index is 2.26. The van der Waals surface area contributed by atoms with E-state index in [1.165, 1.54) is 0 Å². The number of rotatable bonds is 4. The van der Waals surface area contributed by atoms with Gasteiger partial charge in [0.1, 0.15) is 5.75 Å². The van der Waals surface area contributed by atoms with Gasteiger partial charge in [0.2, 0.25) is 5.91 Å². The number of benzene rings is 1. The fourth-order valence-corrected chi connectivity index (χ4v) is 3.02. The molecule has 0 spiro atoms. The zero-order chi connectivity index (χ0) is 18.0. The normalized spacial score (nSPS) is 18.4. The van der Waals surface area contributed by atoms with E-state index in [9.17, 15) is 14.7 Å².